The Balaban J connectivity index is 1.84. The molecule has 0 aromatic carbocycles. The number of allylic oxidation sites excluding steroid dienone is 1. The maximum Gasteiger partial charge on any atom is 0.157 e. The number of rotatable bonds is 1. The Labute approximate surface area is 125 Å². The summed E-state index contributed by atoms with van der Waals surface area (Å²) in [5, 5.41) is 4.66. The number of aromatic nitrogens is 3. The molecule has 2 aromatic heterocycles. The molecule has 4 nitrogen and oxygen atoms in total. The topological polar surface area (TPSA) is 33.4 Å². The van der Waals surface area contributed by atoms with Gasteiger partial charge >= 0.3 is 0 Å². The first-order chi connectivity index (χ1) is 10.2. The van der Waals surface area contributed by atoms with Gasteiger partial charge in [-0.25, -0.2) is 4.98 Å². The zero-order valence-electron chi connectivity index (χ0n) is 13.0. The van der Waals surface area contributed by atoms with Crippen molar-refractivity contribution in [3.05, 3.63) is 35.2 Å². The van der Waals surface area contributed by atoms with Gasteiger partial charge in [-0.05, 0) is 46.5 Å². The average molecular weight is 282 g/mol. The highest BCUT2D eigenvalue weighted by molar-refractivity contribution is 5.54. The molecule has 2 aliphatic heterocycles. The van der Waals surface area contributed by atoms with E-state index in [-0.39, 0.29) is 0 Å². The molecule has 0 spiro atoms. The van der Waals surface area contributed by atoms with E-state index in [1.807, 2.05) is 11.4 Å². The van der Waals surface area contributed by atoms with Crippen molar-refractivity contribution in [2.24, 2.45) is 0 Å². The van der Waals surface area contributed by atoms with Gasteiger partial charge in [-0.1, -0.05) is 11.6 Å². The van der Waals surface area contributed by atoms with E-state index in [0.29, 0.717) is 12.1 Å². The van der Waals surface area contributed by atoms with Crippen molar-refractivity contribution in [1.82, 2.24) is 14.6 Å². The minimum atomic E-state index is 0.629. The fourth-order valence-electron chi connectivity index (χ4n) is 4.04. The summed E-state index contributed by atoms with van der Waals surface area (Å²) in [5.74, 6) is 1.23. The summed E-state index contributed by atoms with van der Waals surface area (Å²) in [6.07, 6.45) is 7.32. The van der Waals surface area contributed by atoms with Gasteiger partial charge in [-0.3, -0.25) is 0 Å². The molecule has 0 radical (unpaired) electrons. The van der Waals surface area contributed by atoms with Gasteiger partial charge in [0.25, 0.3) is 0 Å². The normalized spacial score (nSPS) is 24.9. The van der Waals surface area contributed by atoms with Crippen LogP contribution in [0.25, 0.3) is 5.65 Å². The van der Waals surface area contributed by atoms with Crippen LogP contribution >= 0.6 is 0 Å². The van der Waals surface area contributed by atoms with Crippen LogP contribution in [0.3, 0.4) is 0 Å². The van der Waals surface area contributed by atoms with Crippen LogP contribution in [0.5, 0.6) is 0 Å². The second-order valence-corrected chi connectivity index (χ2v) is 6.46. The Morgan fingerprint density at radius 3 is 2.48 bits per heavy atom. The number of aryl methyl sites for hydroxylation is 2. The predicted octanol–water partition coefficient (Wildman–Crippen LogP) is 3.42. The summed E-state index contributed by atoms with van der Waals surface area (Å²) in [5.41, 5.74) is 4.71. The highest BCUT2D eigenvalue weighted by atomic mass is 15.4. The first-order valence-electron chi connectivity index (χ1n) is 7.92. The lowest BCUT2D eigenvalue weighted by Gasteiger charge is -2.38. The number of hydrogen-bond donors (Lipinski definition) is 0. The van der Waals surface area contributed by atoms with Crippen molar-refractivity contribution in [2.75, 3.05) is 4.90 Å². The Morgan fingerprint density at radius 2 is 1.81 bits per heavy atom. The fraction of sp³-hybridized carbons (Fsp3) is 0.529. The molecule has 2 fully saturated rings. The molecule has 0 aliphatic carbocycles. The van der Waals surface area contributed by atoms with Crippen LogP contribution in [0, 0.1) is 13.8 Å². The van der Waals surface area contributed by atoms with Gasteiger partial charge in [-0.15, -0.1) is 0 Å². The molecule has 110 valence electrons. The van der Waals surface area contributed by atoms with Crippen molar-refractivity contribution >= 4 is 11.5 Å². The summed E-state index contributed by atoms with van der Waals surface area (Å²) in [6, 6.07) is 5.53. The molecule has 2 unspecified atom stereocenters. The van der Waals surface area contributed by atoms with E-state index in [4.69, 9.17) is 0 Å². The third-order valence-corrected chi connectivity index (χ3v) is 4.95. The molecule has 4 heteroatoms. The minimum Gasteiger partial charge on any atom is -0.350 e. The summed E-state index contributed by atoms with van der Waals surface area (Å²) < 4.78 is 2.04. The van der Waals surface area contributed by atoms with Crippen LogP contribution in [0.4, 0.5) is 5.82 Å². The van der Waals surface area contributed by atoms with Gasteiger partial charge in [0.05, 0.1) is 5.69 Å². The van der Waals surface area contributed by atoms with Crippen LogP contribution in [-0.2, 0) is 0 Å². The lowest BCUT2D eigenvalue weighted by molar-refractivity contribution is 0.537. The van der Waals surface area contributed by atoms with Crippen LogP contribution < -0.4 is 4.90 Å². The second kappa shape index (κ2) is 4.58. The highest BCUT2D eigenvalue weighted by Gasteiger charge is 2.39. The summed E-state index contributed by atoms with van der Waals surface area (Å²) in [7, 11) is 0. The van der Waals surface area contributed by atoms with E-state index >= 15 is 0 Å². The van der Waals surface area contributed by atoms with Gasteiger partial charge in [0.2, 0.25) is 0 Å². The molecule has 0 N–H and O–H groups in total. The first kappa shape index (κ1) is 12.9. The number of fused-ring (bicyclic) bond motifs is 3. The average Bonchev–Trinajstić information content (AvgIpc) is 2.94. The van der Waals surface area contributed by atoms with Crippen LogP contribution in [0.15, 0.2) is 23.8 Å². The molecule has 2 saturated heterocycles. The van der Waals surface area contributed by atoms with Gasteiger partial charge < -0.3 is 4.90 Å². The first-order valence-corrected chi connectivity index (χ1v) is 7.92. The Hall–Kier alpha value is -1.84. The molecule has 21 heavy (non-hydrogen) atoms. The molecule has 0 amide bonds. The van der Waals surface area contributed by atoms with E-state index in [1.165, 1.54) is 31.5 Å². The Bertz CT molecular complexity index is 712. The summed E-state index contributed by atoms with van der Waals surface area (Å²) in [6.45, 7) is 6.29. The molecule has 4 rings (SSSR count). The maximum atomic E-state index is 4.66. The zero-order chi connectivity index (χ0) is 14.6. The SMILES string of the molecule is CC=C1CC2CCC(C1)N2c1cc(C)nc2cc(C)nn12. The lowest BCUT2D eigenvalue weighted by Crippen LogP contribution is -2.41. The number of anilines is 1. The van der Waals surface area contributed by atoms with Gasteiger partial charge in [0.1, 0.15) is 5.82 Å². The molecule has 2 atom stereocenters. The largest absolute Gasteiger partial charge is 0.350 e. The van der Waals surface area contributed by atoms with Crippen LogP contribution in [-0.4, -0.2) is 26.7 Å². The molecular weight excluding hydrogens is 260 g/mol. The van der Waals surface area contributed by atoms with E-state index < -0.39 is 0 Å². The lowest BCUT2D eigenvalue weighted by atomic mass is 9.96. The molecule has 0 saturated carbocycles. The summed E-state index contributed by atoms with van der Waals surface area (Å²) >= 11 is 0. The molecule has 2 aromatic rings. The van der Waals surface area contributed by atoms with Crippen molar-refractivity contribution in [1.29, 1.82) is 0 Å². The fourth-order valence-corrected chi connectivity index (χ4v) is 4.04. The smallest absolute Gasteiger partial charge is 0.157 e. The zero-order valence-corrected chi connectivity index (χ0v) is 13.0. The third-order valence-electron chi connectivity index (χ3n) is 4.95. The van der Waals surface area contributed by atoms with Gasteiger partial charge in [0.15, 0.2) is 5.65 Å². The van der Waals surface area contributed by atoms with Crippen molar-refractivity contribution in [3.8, 4) is 0 Å². The monoisotopic (exact) mass is 282 g/mol. The Morgan fingerprint density at radius 1 is 1.10 bits per heavy atom. The maximum absolute atomic E-state index is 4.66. The number of piperidine rings is 1. The van der Waals surface area contributed by atoms with Gasteiger partial charge in [0, 0.05) is 29.9 Å². The van der Waals surface area contributed by atoms with Crippen molar-refractivity contribution in [2.45, 2.75) is 58.5 Å². The summed E-state index contributed by atoms with van der Waals surface area (Å²) in [4.78, 5) is 7.23. The standard InChI is InChI=1S/C17H22N4/c1-4-13-9-14-5-6-15(10-13)20(14)17-8-11(2)18-16-7-12(3)19-21(16)17/h4,7-8,14-15H,5-6,9-10H2,1-3H3. The Kier molecular flexibility index (Phi) is 2.81. The quantitative estimate of drug-likeness (QED) is 0.751. The molecule has 4 heterocycles. The highest BCUT2D eigenvalue weighted by Crippen LogP contribution is 2.41. The van der Waals surface area contributed by atoms with Crippen LogP contribution in [0.2, 0.25) is 0 Å². The van der Waals surface area contributed by atoms with Gasteiger partial charge in [-0.2, -0.15) is 9.61 Å². The van der Waals surface area contributed by atoms with E-state index in [2.05, 4.69) is 47.0 Å². The van der Waals surface area contributed by atoms with Crippen molar-refractivity contribution < 1.29 is 0 Å². The second-order valence-electron chi connectivity index (χ2n) is 6.46. The third kappa shape index (κ3) is 1.96. The van der Waals surface area contributed by atoms with Crippen molar-refractivity contribution in [3.63, 3.8) is 0 Å². The van der Waals surface area contributed by atoms with E-state index in [9.17, 15) is 0 Å². The van der Waals surface area contributed by atoms with E-state index in [1.54, 1.807) is 5.57 Å². The predicted molar refractivity (Wildman–Crippen MR) is 84.7 cm³/mol. The number of hydrogen-bond acceptors (Lipinski definition) is 3. The van der Waals surface area contributed by atoms with E-state index in [0.717, 1.165) is 17.0 Å². The minimum absolute atomic E-state index is 0.629. The molecular formula is C17H22N4. The molecule has 2 aliphatic rings. The molecule has 2 bridgehead atoms. The van der Waals surface area contributed by atoms with Crippen LogP contribution in [0.1, 0.15) is 44.0 Å². The number of nitrogens with zero attached hydrogens (tertiary/aromatic N) is 4.